The summed E-state index contributed by atoms with van der Waals surface area (Å²) in [5, 5.41) is 21.5. The van der Waals surface area contributed by atoms with Crippen molar-refractivity contribution in [2.45, 2.75) is 12.7 Å². The van der Waals surface area contributed by atoms with E-state index in [1.165, 1.54) is 23.9 Å². The van der Waals surface area contributed by atoms with Gasteiger partial charge in [0.2, 0.25) is 0 Å². The summed E-state index contributed by atoms with van der Waals surface area (Å²) in [6.45, 7) is 2.56. The first-order valence-corrected chi connectivity index (χ1v) is 6.80. The Bertz CT molecular complexity index is 481. The quantitative estimate of drug-likeness (QED) is 0.607. The highest BCUT2D eigenvalue weighted by molar-refractivity contribution is 7.98. The molecule has 2 N–H and O–H groups in total. The molecule has 0 aliphatic carbocycles. The van der Waals surface area contributed by atoms with Gasteiger partial charge in [-0.15, -0.1) is 0 Å². The lowest BCUT2D eigenvalue weighted by Gasteiger charge is -2.07. The Hall–Kier alpha value is -1.67. The number of thioether (sulfide) groups is 1. The molecule has 8 heteroatoms. The minimum atomic E-state index is -0.638. The average molecular weight is 285 g/mol. The zero-order valence-electron chi connectivity index (χ0n) is 10.4. The topological polar surface area (TPSA) is 112 Å². The summed E-state index contributed by atoms with van der Waals surface area (Å²) in [6, 6.07) is 3.73. The molecule has 1 unspecified atom stereocenters. The number of nitro benzene ring substituents is 2. The van der Waals surface area contributed by atoms with Crippen LogP contribution < -0.4 is 5.73 Å². The smallest absolute Gasteiger partial charge is 0.280 e. The largest absolute Gasteiger partial charge is 0.330 e. The molecule has 0 saturated heterocycles. The predicted molar refractivity (Wildman–Crippen MR) is 74.1 cm³/mol. The first kappa shape index (κ1) is 15.4. The second-order valence-electron chi connectivity index (χ2n) is 4.18. The summed E-state index contributed by atoms with van der Waals surface area (Å²) in [7, 11) is 0. The van der Waals surface area contributed by atoms with E-state index in [1.807, 2.05) is 6.92 Å². The molecule has 0 aliphatic heterocycles. The summed E-state index contributed by atoms with van der Waals surface area (Å²) in [5.74, 6) is 1.57. The summed E-state index contributed by atoms with van der Waals surface area (Å²) in [6.07, 6.45) is 0. The fraction of sp³-hybridized carbons (Fsp3) is 0.455. The number of benzene rings is 1. The third kappa shape index (κ3) is 4.49. The summed E-state index contributed by atoms with van der Waals surface area (Å²) < 4.78 is 0. The Kier molecular flexibility index (Phi) is 5.71. The SMILES string of the molecule is CC(CN)CSCc1ccc([N+](=O)[O-])cc1[N+](=O)[O-]. The van der Waals surface area contributed by atoms with Crippen LogP contribution in [0.2, 0.25) is 0 Å². The number of nitro groups is 2. The van der Waals surface area contributed by atoms with Crippen LogP contribution in [0.1, 0.15) is 12.5 Å². The van der Waals surface area contributed by atoms with E-state index in [0.29, 0.717) is 23.8 Å². The number of hydrogen-bond acceptors (Lipinski definition) is 6. The molecule has 0 aliphatic rings. The first-order valence-electron chi connectivity index (χ1n) is 5.65. The van der Waals surface area contributed by atoms with Crippen molar-refractivity contribution in [2.24, 2.45) is 11.7 Å². The fourth-order valence-corrected chi connectivity index (χ4v) is 2.52. The van der Waals surface area contributed by atoms with Gasteiger partial charge in [-0.2, -0.15) is 11.8 Å². The van der Waals surface area contributed by atoms with Crippen molar-refractivity contribution >= 4 is 23.1 Å². The summed E-state index contributed by atoms with van der Waals surface area (Å²) in [5.41, 5.74) is 5.50. The molecule has 104 valence electrons. The molecule has 1 atom stereocenters. The van der Waals surface area contributed by atoms with Crippen LogP contribution in [0.15, 0.2) is 18.2 Å². The van der Waals surface area contributed by atoms with Gasteiger partial charge < -0.3 is 5.73 Å². The molecule has 0 heterocycles. The second kappa shape index (κ2) is 7.05. The van der Waals surface area contributed by atoms with Crippen LogP contribution in [0.4, 0.5) is 11.4 Å². The van der Waals surface area contributed by atoms with E-state index >= 15 is 0 Å². The van der Waals surface area contributed by atoms with Crippen molar-refractivity contribution in [3.8, 4) is 0 Å². The van der Waals surface area contributed by atoms with Crippen molar-refractivity contribution in [2.75, 3.05) is 12.3 Å². The lowest BCUT2D eigenvalue weighted by atomic mass is 10.2. The Labute approximate surface area is 114 Å². The zero-order chi connectivity index (χ0) is 14.4. The molecule has 19 heavy (non-hydrogen) atoms. The van der Waals surface area contributed by atoms with Gasteiger partial charge in [-0.1, -0.05) is 6.92 Å². The van der Waals surface area contributed by atoms with Crippen molar-refractivity contribution in [3.05, 3.63) is 44.0 Å². The van der Waals surface area contributed by atoms with E-state index < -0.39 is 9.85 Å². The van der Waals surface area contributed by atoms with Crippen molar-refractivity contribution < 1.29 is 9.85 Å². The maximum atomic E-state index is 10.9. The van der Waals surface area contributed by atoms with Crippen LogP contribution in [0.3, 0.4) is 0 Å². The van der Waals surface area contributed by atoms with Crippen LogP contribution in [-0.4, -0.2) is 22.1 Å². The Balaban J connectivity index is 2.82. The van der Waals surface area contributed by atoms with Gasteiger partial charge >= 0.3 is 0 Å². The second-order valence-corrected chi connectivity index (χ2v) is 5.21. The normalized spacial score (nSPS) is 12.1. The van der Waals surface area contributed by atoms with Gasteiger partial charge in [-0.3, -0.25) is 20.2 Å². The van der Waals surface area contributed by atoms with Gasteiger partial charge in [-0.25, -0.2) is 0 Å². The Morgan fingerprint density at radius 1 is 1.32 bits per heavy atom. The van der Waals surface area contributed by atoms with E-state index in [2.05, 4.69) is 0 Å². The first-order chi connectivity index (χ1) is 8.95. The molecule has 0 saturated carbocycles. The molecule has 0 spiro atoms. The lowest BCUT2D eigenvalue weighted by molar-refractivity contribution is -0.394. The highest BCUT2D eigenvalue weighted by Gasteiger charge is 2.19. The van der Waals surface area contributed by atoms with Crippen molar-refractivity contribution in [1.29, 1.82) is 0 Å². The van der Waals surface area contributed by atoms with Gasteiger partial charge in [0.15, 0.2) is 0 Å². The molecular weight excluding hydrogens is 270 g/mol. The maximum absolute atomic E-state index is 10.9. The zero-order valence-corrected chi connectivity index (χ0v) is 11.3. The van der Waals surface area contributed by atoms with E-state index in [9.17, 15) is 20.2 Å². The molecule has 1 aromatic carbocycles. The monoisotopic (exact) mass is 285 g/mol. The Morgan fingerprint density at radius 2 is 2.00 bits per heavy atom. The molecule has 0 aromatic heterocycles. The minimum absolute atomic E-state index is 0.206. The summed E-state index contributed by atoms with van der Waals surface area (Å²) in [4.78, 5) is 20.3. The Morgan fingerprint density at radius 3 is 2.53 bits per heavy atom. The highest BCUT2D eigenvalue weighted by Crippen LogP contribution is 2.28. The van der Waals surface area contributed by atoms with E-state index in [-0.39, 0.29) is 11.4 Å². The highest BCUT2D eigenvalue weighted by atomic mass is 32.2. The molecule has 1 aromatic rings. The van der Waals surface area contributed by atoms with Gasteiger partial charge in [0.05, 0.1) is 15.9 Å². The number of non-ortho nitro benzene ring substituents is 1. The van der Waals surface area contributed by atoms with Crippen molar-refractivity contribution in [1.82, 2.24) is 0 Å². The summed E-state index contributed by atoms with van der Waals surface area (Å²) >= 11 is 1.53. The number of nitrogens with zero attached hydrogens (tertiary/aromatic N) is 2. The number of nitrogens with two attached hydrogens (primary N) is 1. The number of hydrogen-bond donors (Lipinski definition) is 1. The fourth-order valence-electron chi connectivity index (χ4n) is 1.40. The molecule has 0 radical (unpaired) electrons. The van der Waals surface area contributed by atoms with Crippen LogP contribution in [0.5, 0.6) is 0 Å². The van der Waals surface area contributed by atoms with E-state index in [0.717, 1.165) is 11.8 Å². The van der Waals surface area contributed by atoms with Crippen molar-refractivity contribution in [3.63, 3.8) is 0 Å². The van der Waals surface area contributed by atoms with Crippen LogP contribution >= 0.6 is 11.8 Å². The molecule has 0 fully saturated rings. The van der Waals surface area contributed by atoms with E-state index in [4.69, 9.17) is 5.73 Å². The molecule has 0 amide bonds. The third-order valence-electron chi connectivity index (χ3n) is 2.54. The third-order valence-corrected chi connectivity index (χ3v) is 3.86. The molecule has 0 bridgehead atoms. The minimum Gasteiger partial charge on any atom is -0.330 e. The van der Waals surface area contributed by atoms with Gasteiger partial charge in [0.1, 0.15) is 0 Å². The molecule has 1 rings (SSSR count). The molecule has 7 nitrogen and oxygen atoms in total. The average Bonchev–Trinajstić information content (AvgIpc) is 2.38. The van der Waals surface area contributed by atoms with Crippen LogP contribution in [-0.2, 0) is 5.75 Å². The predicted octanol–water partition coefficient (Wildman–Crippen LogP) is 2.33. The van der Waals surface area contributed by atoms with E-state index in [1.54, 1.807) is 0 Å². The maximum Gasteiger partial charge on any atom is 0.280 e. The van der Waals surface area contributed by atoms with Gasteiger partial charge in [0.25, 0.3) is 11.4 Å². The van der Waals surface area contributed by atoms with Gasteiger partial charge in [0, 0.05) is 17.4 Å². The lowest BCUT2D eigenvalue weighted by Crippen LogP contribution is -2.12. The molecular formula is C11H15N3O4S. The van der Waals surface area contributed by atoms with Gasteiger partial charge in [-0.05, 0) is 24.3 Å². The standard InChI is InChI=1S/C11H15N3O4S/c1-8(5-12)6-19-7-9-2-3-10(13(15)16)4-11(9)14(17)18/h2-4,8H,5-7,12H2,1H3. The van der Waals surface area contributed by atoms with Crippen LogP contribution in [0, 0.1) is 26.1 Å². The number of rotatable bonds is 7. The van der Waals surface area contributed by atoms with Crippen LogP contribution in [0.25, 0.3) is 0 Å².